The van der Waals surface area contributed by atoms with E-state index in [0.29, 0.717) is 23.7 Å². The second-order valence-electron chi connectivity index (χ2n) is 7.22. The molecule has 0 saturated carbocycles. The Balaban J connectivity index is 1.54. The first-order valence-corrected chi connectivity index (χ1v) is 10.4. The highest BCUT2D eigenvalue weighted by Crippen LogP contribution is 2.33. The molecule has 10 heteroatoms. The van der Waals surface area contributed by atoms with Gasteiger partial charge in [-0.3, -0.25) is 19.8 Å². The van der Waals surface area contributed by atoms with Gasteiger partial charge in [-0.2, -0.15) is 0 Å². The zero-order chi connectivity index (χ0) is 24.1. The third kappa shape index (κ3) is 5.01. The van der Waals surface area contributed by atoms with Gasteiger partial charge in [-0.15, -0.1) is 0 Å². The fourth-order valence-electron chi connectivity index (χ4n) is 3.27. The summed E-state index contributed by atoms with van der Waals surface area (Å²) in [7, 11) is 0. The van der Waals surface area contributed by atoms with Gasteiger partial charge in [-0.1, -0.05) is 36.4 Å². The summed E-state index contributed by atoms with van der Waals surface area (Å²) in [5.41, 5.74) is 1.45. The fourth-order valence-corrected chi connectivity index (χ4v) is 3.27. The number of imide groups is 1. The lowest BCUT2D eigenvalue weighted by Gasteiger charge is -2.12. The number of ether oxygens (including phenoxy) is 2. The number of amides is 3. The van der Waals surface area contributed by atoms with Crippen LogP contribution in [0.4, 0.5) is 10.5 Å². The summed E-state index contributed by atoms with van der Waals surface area (Å²) in [6, 6.07) is 16.4. The molecule has 4 rings (SSSR count). The summed E-state index contributed by atoms with van der Waals surface area (Å²) < 4.78 is 11.4. The van der Waals surface area contributed by atoms with Crippen molar-refractivity contribution in [2.24, 2.45) is 0 Å². The van der Waals surface area contributed by atoms with Crippen LogP contribution in [0.15, 0.2) is 72.6 Å². The van der Waals surface area contributed by atoms with Gasteiger partial charge in [0.25, 0.3) is 11.6 Å². The van der Waals surface area contributed by atoms with Crippen molar-refractivity contribution in [1.29, 1.82) is 0 Å². The van der Waals surface area contributed by atoms with Crippen LogP contribution in [0, 0.1) is 10.1 Å². The Morgan fingerprint density at radius 2 is 1.88 bits per heavy atom. The first-order valence-electron chi connectivity index (χ1n) is 10.4. The summed E-state index contributed by atoms with van der Waals surface area (Å²) in [6.45, 7) is 2.33. The molecule has 172 valence electrons. The number of rotatable bonds is 8. The van der Waals surface area contributed by atoms with Gasteiger partial charge in [0, 0.05) is 12.1 Å². The minimum atomic E-state index is -0.547. The van der Waals surface area contributed by atoms with Crippen LogP contribution < -0.4 is 14.8 Å². The van der Waals surface area contributed by atoms with Crippen LogP contribution in [0.3, 0.4) is 0 Å². The van der Waals surface area contributed by atoms with Gasteiger partial charge in [0.15, 0.2) is 11.5 Å². The molecule has 0 radical (unpaired) electrons. The number of aromatic nitrogens is 1. The Morgan fingerprint density at radius 3 is 2.56 bits per heavy atom. The number of hydrogen-bond acceptors (Lipinski definition) is 7. The van der Waals surface area contributed by atoms with E-state index in [0.717, 1.165) is 16.7 Å². The standard InChI is InChI=1S/C24H20N4O6/c1-2-33-21-13-17(8-10-20(21)34-22-11-9-18(14-25-22)28(31)32)12-19-23(29)27(24(30)26-19)15-16-6-4-3-5-7-16/h3-14H,2,15H2,1H3,(H,26,30)/b19-12-. The second-order valence-corrected chi connectivity index (χ2v) is 7.22. The number of nitro groups is 1. The Kier molecular flexibility index (Phi) is 6.49. The van der Waals surface area contributed by atoms with Gasteiger partial charge >= 0.3 is 6.03 Å². The first-order chi connectivity index (χ1) is 16.4. The average molecular weight is 460 g/mol. The lowest BCUT2D eigenvalue weighted by Crippen LogP contribution is -2.30. The summed E-state index contributed by atoms with van der Waals surface area (Å²) in [6.07, 6.45) is 2.66. The van der Waals surface area contributed by atoms with Gasteiger partial charge in [0.05, 0.1) is 18.1 Å². The third-order valence-electron chi connectivity index (χ3n) is 4.87. The number of pyridine rings is 1. The van der Waals surface area contributed by atoms with Crippen LogP contribution in [-0.2, 0) is 11.3 Å². The normalized spacial score (nSPS) is 14.3. The highest BCUT2D eigenvalue weighted by Gasteiger charge is 2.33. The second kappa shape index (κ2) is 9.82. The summed E-state index contributed by atoms with van der Waals surface area (Å²) >= 11 is 0. The number of carbonyl (C=O) groups is 2. The minimum absolute atomic E-state index is 0.147. The quantitative estimate of drug-likeness (QED) is 0.230. The SMILES string of the molecule is CCOc1cc(/C=C2\NC(=O)N(Cc3ccccc3)C2=O)ccc1Oc1ccc([N+](=O)[O-])cn1. The molecule has 0 atom stereocenters. The van der Waals surface area contributed by atoms with Crippen LogP contribution in [0.25, 0.3) is 6.08 Å². The lowest BCUT2D eigenvalue weighted by atomic mass is 10.1. The van der Waals surface area contributed by atoms with Crippen molar-refractivity contribution in [2.75, 3.05) is 6.61 Å². The summed E-state index contributed by atoms with van der Waals surface area (Å²) in [4.78, 5) is 40.4. The maximum Gasteiger partial charge on any atom is 0.329 e. The summed E-state index contributed by atoms with van der Waals surface area (Å²) in [5, 5.41) is 13.4. The van der Waals surface area contributed by atoms with E-state index < -0.39 is 16.9 Å². The number of carbonyl (C=O) groups excluding carboxylic acids is 2. The van der Waals surface area contributed by atoms with Crippen LogP contribution in [-0.4, -0.2) is 33.4 Å². The molecule has 3 aromatic rings. The van der Waals surface area contributed by atoms with Crippen LogP contribution in [0.1, 0.15) is 18.1 Å². The molecule has 0 aliphatic carbocycles. The molecule has 1 fully saturated rings. The molecule has 0 spiro atoms. The smallest absolute Gasteiger partial charge is 0.329 e. The molecule has 34 heavy (non-hydrogen) atoms. The van der Waals surface area contributed by atoms with Gasteiger partial charge in [0.2, 0.25) is 5.88 Å². The van der Waals surface area contributed by atoms with E-state index in [4.69, 9.17) is 9.47 Å². The number of nitrogens with zero attached hydrogens (tertiary/aromatic N) is 3. The number of hydrogen-bond donors (Lipinski definition) is 1. The first kappa shape index (κ1) is 22.5. The highest BCUT2D eigenvalue weighted by molar-refractivity contribution is 6.13. The van der Waals surface area contributed by atoms with Crippen LogP contribution >= 0.6 is 0 Å². The number of benzene rings is 2. The zero-order valence-corrected chi connectivity index (χ0v) is 18.1. The topological polar surface area (TPSA) is 124 Å². The largest absolute Gasteiger partial charge is 0.490 e. The molecular weight excluding hydrogens is 440 g/mol. The monoisotopic (exact) mass is 460 g/mol. The van der Waals surface area contributed by atoms with Crippen molar-refractivity contribution in [2.45, 2.75) is 13.5 Å². The Labute approximate surface area is 194 Å². The van der Waals surface area contributed by atoms with E-state index in [1.807, 2.05) is 30.3 Å². The third-order valence-corrected chi connectivity index (χ3v) is 4.87. The Bertz CT molecular complexity index is 1260. The maximum atomic E-state index is 12.8. The van der Waals surface area contributed by atoms with E-state index >= 15 is 0 Å². The van der Waals surface area contributed by atoms with Crippen molar-refractivity contribution in [3.8, 4) is 17.4 Å². The minimum Gasteiger partial charge on any atom is -0.490 e. The summed E-state index contributed by atoms with van der Waals surface area (Å²) in [5.74, 6) is 0.461. The van der Waals surface area contributed by atoms with Crippen molar-refractivity contribution in [3.05, 3.63) is 93.8 Å². The maximum absolute atomic E-state index is 12.8. The van der Waals surface area contributed by atoms with E-state index in [-0.39, 0.29) is 23.8 Å². The zero-order valence-electron chi connectivity index (χ0n) is 18.1. The van der Waals surface area contributed by atoms with Gasteiger partial charge in [-0.05, 0) is 36.3 Å². The molecule has 1 aromatic heterocycles. The van der Waals surface area contributed by atoms with Crippen LogP contribution in [0.5, 0.6) is 17.4 Å². The number of nitrogens with one attached hydrogen (secondary N) is 1. The molecule has 1 N–H and O–H groups in total. The van der Waals surface area contributed by atoms with Gasteiger partial charge in [-0.25, -0.2) is 9.78 Å². The molecule has 0 bridgehead atoms. The van der Waals surface area contributed by atoms with Gasteiger partial charge < -0.3 is 14.8 Å². The molecule has 2 heterocycles. The molecule has 1 aliphatic rings. The molecular formula is C24H20N4O6. The Hall–Kier alpha value is -4.73. The fraction of sp³-hybridized carbons (Fsp3) is 0.125. The van der Waals surface area contributed by atoms with E-state index in [9.17, 15) is 19.7 Å². The molecule has 2 aromatic carbocycles. The van der Waals surface area contributed by atoms with Crippen molar-refractivity contribution < 1.29 is 24.0 Å². The van der Waals surface area contributed by atoms with Crippen molar-refractivity contribution in [1.82, 2.24) is 15.2 Å². The van der Waals surface area contributed by atoms with Crippen molar-refractivity contribution >= 4 is 23.7 Å². The Morgan fingerprint density at radius 1 is 1.09 bits per heavy atom. The molecule has 3 amide bonds. The predicted molar refractivity (Wildman–Crippen MR) is 122 cm³/mol. The van der Waals surface area contributed by atoms with Gasteiger partial charge in [0.1, 0.15) is 11.9 Å². The lowest BCUT2D eigenvalue weighted by molar-refractivity contribution is -0.385. The molecule has 1 saturated heterocycles. The van der Waals surface area contributed by atoms with E-state index in [1.165, 1.54) is 12.1 Å². The number of urea groups is 1. The molecule has 0 unspecified atom stereocenters. The molecule has 10 nitrogen and oxygen atoms in total. The van der Waals surface area contributed by atoms with Crippen LogP contribution in [0.2, 0.25) is 0 Å². The van der Waals surface area contributed by atoms with E-state index in [2.05, 4.69) is 10.3 Å². The van der Waals surface area contributed by atoms with Crippen molar-refractivity contribution in [3.63, 3.8) is 0 Å². The predicted octanol–water partition coefficient (Wildman–Crippen LogP) is 4.27. The van der Waals surface area contributed by atoms with E-state index in [1.54, 1.807) is 31.2 Å². The average Bonchev–Trinajstić information content (AvgIpc) is 3.09. The molecule has 1 aliphatic heterocycles. The highest BCUT2D eigenvalue weighted by atomic mass is 16.6.